The second-order valence-corrected chi connectivity index (χ2v) is 10.8. The van der Waals surface area contributed by atoms with Crippen molar-refractivity contribution in [3.63, 3.8) is 0 Å². The summed E-state index contributed by atoms with van der Waals surface area (Å²) in [5, 5.41) is 0.560. The second-order valence-electron chi connectivity index (χ2n) is 5.68. The molecule has 0 aliphatic rings. The lowest BCUT2D eigenvalue weighted by atomic mass is 10.1. The second kappa shape index (κ2) is 7.89. The van der Waals surface area contributed by atoms with E-state index in [0.29, 0.717) is 5.56 Å². The van der Waals surface area contributed by atoms with Crippen LogP contribution in [-0.2, 0) is 19.9 Å². The van der Waals surface area contributed by atoms with Crippen LogP contribution in [0.2, 0.25) is 0 Å². The molecular weight excluding hydrogens is 409 g/mol. The molecule has 142 valence electrons. The first kappa shape index (κ1) is 19.7. The van der Waals surface area contributed by atoms with Crippen LogP contribution in [0, 0.1) is 5.82 Å². The number of nitrogens with one attached hydrogen (secondary N) is 1. The van der Waals surface area contributed by atoms with Crippen molar-refractivity contribution in [3.05, 3.63) is 83.5 Å². The third-order valence-corrected chi connectivity index (χ3v) is 8.88. The summed E-state index contributed by atoms with van der Waals surface area (Å²) in [4.78, 5) is -0.135. The van der Waals surface area contributed by atoms with E-state index in [1.807, 2.05) is 0 Å². The van der Waals surface area contributed by atoms with Gasteiger partial charge in [0.15, 0.2) is 9.84 Å². The van der Waals surface area contributed by atoms with Gasteiger partial charge in [-0.3, -0.25) is 0 Å². The van der Waals surface area contributed by atoms with Gasteiger partial charge in [-0.25, -0.2) is 25.9 Å². The molecule has 0 fully saturated rings. The Morgan fingerprint density at radius 1 is 0.889 bits per heavy atom. The fourth-order valence-corrected chi connectivity index (χ4v) is 6.54. The molecule has 0 radical (unpaired) electrons. The smallest absolute Gasteiger partial charge is 0.222 e. The van der Waals surface area contributed by atoms with Crippen molar-refractivity contribution in [3.8, 4) is 0 Å². The Morgan fingerprint density at radius 2 is 1.56 bits per heavy atom. The van der Waals surface area contributed by atoms with E-state index in [2.05, 4.69) is 4.72 Å². The summed E-state index contributed by atoms with van der Waals surface area (Å²) < 4.78 is 66.5. The molecule has 0 bridgehead atoms. The molecule has 1 unspecified atom stereocenters. The maximum atomic E-state index is 13.0. The number of sulfone groups is 1. The van der Waals surface area contributed by atoms with Crippen LogP contribution >= 0.6 is 11.3 Å². The van der Waals surface area contributed by atoms with Crippen molar-refractivity contribution in [1.82, 2.24) is 4.72 Å². The Balaban J connectivity index is 1.92. The van der Waals surface area contributed by atoms with Crippen LogP contribution in [0.25, 0.3) is 0 Å². The zero-order valence-corrected chi connectivity index (χ0v) is 16.4. The van der Waals surface area contributed by atoms with Crippen molar-refractivity contribution in [2.24, 2.45) is 0 Å². The molecule has 0 aliphatic heterocycles. The van der Waals surface area contributed by atoms with E-state index in [0.717, 1.165) is 35.6 Å². The molecule has 0 aliphatic carbocycles. The van der Waals surface area contributed by atoms with E-state index >= 15 is 0 Å². The maximum absolute atomic E-state index is 13.0. The summed E-state index contributed by atoms with van der Waals surface area (Å²) in [6.07, 6.45) is 0. The lowest BCUT2D eigenvalue weighted by Gasteiger charge is -2.18. The topological polar surface area (TPSA) is 80.3 Å². The first-order valence-electron chi connectivity index (χ1n) is 7.88. The van der Waals surface area contributed by atoms with Gasteiger partial charge < -0.3 is 0 Å². The van der Waals surface area contributed by atoms with Gasteiger partial charge in [-0.2, -0.15) is 0 Å². The van der Waals surface area contributed by atoms with Gasteiger partial charge in [0.2, 0.25) is 10.0 Å². The number of thiophene rings is 1. The minimum Gasteiger partial charge on any atom is -0.222 e. The van der Waals surface area contributed by atoms with E-state index in [9.17, 15) is 21.2 Å². The van der Waals surface area contributed by atoms with Crippen molar-refractivity contribution >= 4 is 31.2 Å². The largest absolute Gasteiger partial charge is 0.240 e. The Morgan fingerprint density at radius 3 is 2.15 bits per heavy atom. The standard InChI is InChI=1S/C18H16FNO4S3/c19-15-8-10-16(11-9-15)27(23,24)20-13-17(14-5-2-1-3-6-14)26(21,22)18-7-4-12-25-18/h1-12,17,20H,13H2. The Labute approximate surface area is 161 Å². The van der Waals surface area contributed by atoms with Crippen LogP contribution in [0.5, 0.6) is 0 Å². The normalized spacial score (nSPS) is 13.4. The van der Waals surface area contributed by atoms with Gasteiger partial charge in [-0.05, 0) is 41.3 Å². The fourth-order valence-electron chi connectivity index (χ4n) is 2.52. The highest BCUT2D eigenvalue weighted by atomic mass is 32.2. The Kier molecular flexibility index (Phi) is 5.75. The van der Waals surface area contributed by atoms with Crippen LogP contribution in [0.1, 0.15) is 10.8 Å². The minimum atomic E-state index is -3.99. The summed E-state index contributed by atoms with van der Waals surface area (Å²) in [5.74, 6) is -0.559. The SMILES string of the molecule is O=S(=O)(NCC(c1ccccc1)S(=O)(=O)c1cccs1)c1ccc(F)cc1. The highest BCUT2D eigenvalue weighted by molar-refractivity contribution is 7.93. The number of sulfonamides is 1. The van der Waals surface area contributed by atoms with Gasteiger partial charge in [0, 0.05) is 6.54 Å². The van der Waals surface area contributed by atoms with Crippen LogP contribution in [-0.4, -0.2) is 23.4 Å². The van der Waals surface area contributed by atoms with E-state index in [4.69, 9.17) is 0 Å². The molecule has 27 heavy (non-hydrogen) atoms. The van der Waals surface area contributed by atoms with Gasteiger partial charge in [-0.15, -0.1) is 11.3 Å². The van der Waals surface area contributed by atoms with E-state index in [-0.39, 0.29) is 15.6 Å². The van der Waals surface area contributed by atoms with E-state index in [1.165, 1.54) is 6.07 Å². The molecule has 0 amide bonds. The molecule has 0 spiro atoms. The van der Waals surface area contributed by atoms with Crippen LogP contribution in [0.15, 0.2) is 81.2 Å². The summed E-state index contributed by atoms with van der Waals surface area (Å²) in [5.41, 5.74) is 0.479. The zero-order valence-electron chi connectivity index (χ0n) is 13.9. The first-order chi connectivity index (χ1) is 12.8. The lowest BCUT2D eigenvalue weighted by molar-refractivity contribution is 0.569. The first-order valence-corrected chi connectivity index (χ1v) is 11.8. The molecule has 0 saturated heterocycles. The van der Waals surface area contributed by atoms with Gasteiger partial charge in [-0.1, -0.05) is 36.4 Å². The van der Waals surface area contributed by atoms with Crippen molar-refractivity contribution in [2.75, 3.05) is 6.54 Å². The van der Waals surface area contributed by atoms with Crippen LogP contribution < -0.4 is 4.72 Å². The lowest BCUT2D eigenvalue weighted by Crippen LogP contribution is -2.31. The molecule has 3 aromatic rings. The molecule has 1 aromatic heterocycles. The third kappa shape index (κ3) is 4.44. The monoisotopic (exact) mass is 425 g/mol. The number of hydrogen-bond donors (Lipinski definition) is 1. The molecule has 5 nitrogen and oxygen atoms in total. The number of benzene rings is 2. The van der Waals surface area contributed by atoms with Crippen LogP contribution in [0.4, 0.5) is 4.39 Å². The molecule has 1 N–H and O–H groups in total. The fraction of sp³-hybridized carbons (Fsp3) is 0.111. The molecule has 1 heterocycles. The predicted molar refractivity (Wildman–Crippen MR) is 102 cm³/mol. The van der Waals surface area contributed by atoms with E-state index in [1.54, 1.807) is 41.8 Å². The third-order valence-electron chi connectivity index (χ3n) is 3.90. The van der Waals surface area contributed by atoms with Crippen molar-refractivity contribution in [2.45, 2.75) is 14.4 Å². The van der Waals surface area contributed by atoms with Crippen LogP contribution in [0.3, 0.4) is 0 Å². The highest BCUT2D eigenvalue weighted by Gasteiger charge is 2.31. The number of rotatable bonds is 7. The Bertz CT molecular complexity index is 1100. The van der Waals surface area contributed by atoms with Crippen molar-refractivity contribution < 1.29 is 21.2 Å². The summed E-state index contributed by atoms with van der Waals surface area (Å²) >= 11 is 1.08. The summed E-state index contributed by atoms with van der Waals surface area (Å²) in [6, 6.07) is 15.9. The molecule has 2 aromatic carbocycles. The molecule has 3 rings (SSSR count). The summed E-state index contributed by atoms with van der Waals surface area (Å²) in [7, 11) is -7.78. The maximum Gasteiger partial charge on any atom is 0.240 e. The van der Waals surface area contributed by atoms with E-state index < -0.39 is 30.9 Å². The summed E-state index contributed by atoms with van der Waals surface area (Å²) in [6.45, 7) is -0.343. The zero-order chi connectivity index (χ0) is 19.5. The van der Waals surface area contributed by atoms with Gasteiger partial charge in [0.25, 0.3) is 0 Å². The molecule has 1 atom stereocenters. The van der Waals surface area contributed by atoms with Gasteiger partial charge >= 0.3 is 0 Å². The Hall–Kier alpha value is -2.07. The number of hydrogen-bond acceptors (Lipinski definition) is 5. The highest BCUT2D eigenvalue weighted by Crippen LogP contribution is 2.31. The van der Waals surface area contributed by atoms with Gasteiger partial charge in [0.1, 0.15) is 15.3 Å². The number of halogens is 1. The van der Waals surface area contributed by atoms with Crippen molar-refractivity contribution in [1.29, 1.82) is 0 Å². The minimum absolute atomic E-state index is 0.135. The average molecular weight is 426 g/mol. The molecule has 9 heteroatoms. The predicted octanol–water partition coefficient (Wildman–Crippen LogP) is 3.38. The average Bonchev–Trinajstić information content (AvgIpc) is 3.18. The molecular formula is C18H16FNO4S3. The molecule has 0 saturated carbocycles. The van der Waals surface area contributed by atoms with Gasteiger partial charge in [0.05, 0.1) is 4.90 Å². The quantitative estimate of drug-likeness (QED) is 0.629.